The van der Waals surface area contributed by atoms with Gasteiger partial charge in [-0.2, -0.15) is 0 Å². The minimum absolute atomic E-state index is 0.0148. The van der Waals surface area contributed by atoms with Crippen LogP contribution in [-0.2, 0) is 14.3 Å². The number of amides is 2. The highest BCUT2D eigenvalue weighted by atomic mass is 35.5. The maximum absolute atomic E-state index is 14.0. The number of morpholine rings is 1. The summed E-state index contributed by atoms with van der Waals surface area (Å²) in [5.74, 6) is 0.393. The molecular formula is C35H36ClN3O5S. The lowest BCUT2D eigenvalue weighted by Gasteiger charge is -2.31. The SMILES string of the molecule is COC(=O)NC(C(=O)Nc1ccccc1OCC1CNCC(CSc2ccc(Cl)cc2)O1)C(c1ccccc1)c1ccccc1. The number of rotatable bonds is 12. The largest absolute Gasteiger partial charge is 0.489 e. The zero-order chi connectivity index (χ0) is 31.4. The number of hydrogen-bond acceptors (Lipinski definition) is 7. The van der Waals surface area contributed by atoms with Crippen molar-refractivity contribution in [2.75, 3.05) is 37.9 Å². The molecule has 5 rings (SSSR count). The van der Waals surface area contributed by atoms with Crippen LogP contribution in [0.1, 0.15) is 17.0 Å². The fraction of sp³-hybridized carbons (Fsp3) is 0.257. The molecule has 0 saturated carbocycles. The van der Waals surface area contributed by atoms with E-state index < -0.39 is 24.0 Å². The molecule has 10 heteroatoms. The van der Waals surface area contributed by atoms with E-state index in [1.165, 1.54) is 7.11 Å². The second-order valence-electron chi connectivity index (χ2n) is 10.5. The number of hydrogen-bond donors (Lipinski definition) is 3. The predicted molar refractivity (Wildman–Crippen MR) is 178 cm³/mol. The summed E-state index contributed by atoms with van der Waals surface area (Å²) in [7, 11) is 1.27. The van der Waals surface area contributed by atoms with Crippen molar-refractivity contribution in [1.82, 2.24) is 10.6 Å². The molecule has 1 saturated heterocycles. The number of ether oxygens (including phenoxy) is 3. The first-order chi connectivity index (χ1) is 22.0. The van der Waals surface area contributed by atoms with Gasteiger partial charge in [-0.3, -0.25) is 4.79 Å². The Balaban J connectivity index is 1.27. The minimum atomic E-state index is -0.986. The molecule has 0 aromatic heterocycles. The fourth-order valence-electron chi connectivity index (χ4n) is 5.16. The van der Waals surface area contributed by atoms with E-state index >= 15 is 0 Å². The number of alkyl carbamates (subject to hydrolysis) is 1. The molecule has 1 fully saturated rings. The van der Waals surface area contributed by atoms with Crippen LogP contribution in [0.5, 0.6) is 5.75 Å². The van der Waals surface area contributed by atoms with E-state index in [1.54, 1.807) is 23.9 Å². The van der Waals surface area contributed by atoms with E-state index in [0.717, 1.165) is 28.3 Å². The van der Waals surface area contributed by atoms with Gasteiger partial charge in [0.1, 0.15) is 24.5 Å². The zero-order valence-corrected chi connectivity index (χ0v) is 26.4. The van der Waals surface area contributed by atoms with E-state index in [4.69, 9.17) is 25.8 Å². The Kier molecular flexibility index (Phi) is 11.8. The van der Waals surface area contributed by atoms with E-state index in [9.17, 15) is 9.59 Å². The molecular weight excluding hydrogens is 610 g/mol. The van der Waals surface area contributed by atoms with Crippen LogP contribution in [-0.4, -0.2) is 62.8 Å². The topological polar surface area (TPSA) is 97.9 Å². The zero-order valence-electron chi connectivity index (χ0n) is 24.9. The van der Waals surface area contributed by atoms with Crippen LogP contribution in [0.3, 0.4) is 0 Å². The van der Waals surface area contributed by atoms with Gasteiger partial charge in [-0.15, -0.1) is 11.8 Å². The van der Waals surface area contributed by atoms with Crippen molar-refractivity contribution >= 4 is 41.1 Å². The van der Waals surface area contributed by atoms with Gasteiger partial charge in [-0.25, -0.2) is 4.79 Å². The van der Waals surface area contributed by atoms with Gasteiger partial charge in [0.25, 0.3) is 0 Å². The number of carbonyl (C=O) groups is 2. The van der Waals surface area contributed by atoms with Crippen LogP contribution in [0.4, 0.5) is 10.5 Å². The lowest BCUT2D eigenvalue weighted by Crippen LogP contribution is -2.48. The molecule has 0 bridgehead atoms. The maximum atomic E-state index is 14.0. The Morgan fingerprint density at radius 3 is 2.18 bits per heavy atom. The van der Waals surface area contributed by atoms with Crippen molar-refractivity contribution in [3.63, 3.8) is 0 Å². The lowest BCUT2D eigenvalue weighted by atomic mass is 9.84. The molecule has 0 spiro atoms. The van der Waals surface area contributed by atoms with Crippen molar-refractivity contribution in [1.29, 1.82) is 0 Å². The van der Waals surface area contributed by atoms with Crippen molar-refractivity contribution in [2.24, 2.45) is 0 Å². The number of carbonyl (C=O) groups excluding carboxylic acids is 2. The van der Waals surface area contributed by atoms with Crippen LogP contribution in [0.25, 0.3) is 0 Å². The Bertz CT molecular complexity index is 1490. The smallest absolute Gasteiger partial charge is 0.407 e. The van der Waals surface area contributed by atoms with Gasteiger partial charge < -0.3 is 30.2 Å². The number of thioether (sulfide) groups is 1. The second kappa shape index (κ2) is 16.3. The number of benzene rings is 4. The Labute approximate surface area is 272 Å². The van der Waals surface area contributed by atoms with Crippen molar-refractivity contribution in [3.05, 3.63) is 125 Å². The third kappa shape index (κ3) is 9.25. The summed E-state index contributed by atoms with van der Waals surface area (Å²) in [6.07, 6.45) is -0.865. The van der Waals surface area contributed by atoms with Crippen LogP contribution in [0.15, 0.2) is 114 Å². The summed E-state index contributed by atoms with van der Waals surface area (Å²) < 4.78 is 17.4. The third-order valence-corrected chi connectivity index (χ3v) is 8.74. The second-order valence-corrected chi connectivity index (χ2v) is 12.0. The van der Waals surface area contributed by atoms with Crippen LogP contribution >= 0.6 is 23.4 Å². The maximum Gasteiger partial charge on any atom is 0.407 e. The molecule has 4 aromatic rings. The van der Waals surface area contributed by atoms with E-state index in [1.807, 2.05) is 97.1 Å². The molecule has 3 atom stereocenters. The lowest BCUT2D eigenvalue weighted by molar-refractivity contribution is -0.118. The predicted octanol–water partition coefficient (Wildman–Crippen LogP) is 6.36. The van der Waals surface area contributed by atoms with Crippen LogP contribution in [0.2, 0.25) is 5.02 Å². The minimum Gasteiger partial charge on any atom is -0.489 e. The number of halogens is 1. The quantitative estimate of drug-likeness (QED) is 0.154. The Morgan fingerprint density at radius 1 is 0.889 bits per heavy atom. The van der Waals surface area contributed by atoms with E-state index in [0.29, 0.717) is 29.6 Å². The molecule has 1 heterocycles. The van der Waals surface area contributed by atoms with Gasteiger partial charge in [0.15, 0.2) is 0 Å². The molecule has 3 N–H and O–H groups in total. The first-order valence-corrected chi connectivity index (χ1v) is 16.1. The highest BCUT2D eigenvalue weighted by Gasteiger charge is 2.33. The number of anilines is 1. The molecule has 3 unspecified atom stereocenters. The fourth-order valence-corrected chi connectivity index (χ4v) is 6.19. The first kappa shape index (κ1) is 32.4. The summed E-state index contributed by atoms with van der Waals surface area (Å²) in [6.45, 7) is 1.70. The molecule has 2 amide bonds. The van der Waals surface area contributed by atoms with E-state index in [2.05, 4.69) is 16.0 Å². The first-order valence-electron chi connectivity index (χ1n) is 14.7. The highest BCUT2D eigenvalue weighted by Crippen LogP contribution is 2.31. The van der Waals surface area contributed by atoms with E-state index in [-0.39, 0.29) is 12.2 Å². The average molecular weight is 646 g/mol. The van der Waals surface area contributed by atoms with Crippen molar-refractivity contribution in [3.8, 4) is 5.75 Å². The molecule has 0 radical (unpaired) electrons. The van der Waals surface area contributed by atoms with Gasteiger partial charge in [-0.1, -0.05) is 84.4 Å². The average Bonchev–Trinajstić information content (AvgIpc) is 3.08. The number of methoxy groups -OCH3 is 1. The van der Waals surface area contributed by atoms with Crippen LogP contribution < -0.4 is 20.7 Å². The summed E-state index contributed by atoms with van der Waals surface area (Å²) in [5, 5.41) is 9.91. The highest BCUT2D eigenvalue weighted by molar-refractivity contribution is 7.99. The van der Waals surface area contributed by atoms with Gasteiger partial charge in [-0.05, 0) is 47.5 Å². The summed E-state index contributed by atoms with van der Waals surface area (Å²) in [6, 6.07) is 33.2. The Morgan fingerprint density at radius 2 is 1.51 bits per heavy atom. The van der Waals surface area contributed by atoms with Crippen molar-refractivity contribution in [2.45, 2.75) is 29.1 Å². The number of para-hydroxylation sites is 2. The summed E-state index contributed by atoms with van der Waals surface area (Å²) >= 11 is 7.72. The summed E-state index contributed by atoms with van der Waals surface area (Å²) in [5.41, 5.74) is 2.23. The van der Waals surface area contributed by atoms with Gasteiger partial charge in [0, 0.05) is 34.7 Å². The monoisotopic (exact) mass is 645 g/mol. The van der Waals surface area contributed by atoms with Crippen molar-refractivity contribution < 1.29 is 23.8 Å². The van der Waals surface area contributed by atoms with Gasteiger partial charge in [0.05, 0.1) is 18.9 Å². The van der Waals surface area contributed by atoms with Crippen LogP contribution in [0, 0.1) is 0 Å². The molecule has 4 aromatic carbocycles. The molecule has 0 aliphatic carbocycles. The molecule has 8 nitrogen and oxygen atoms in total. The molecule has 1 aliphatic heterocycles. The standard InChI is InChI=1S/C35H36ClN3O5S/c1-42-35(41)39-33(32(24-10-4-2-5-11-24)25-12-6-3-7-13-25)34(40)38-30-14-8-9-15-31(30)43-22-27-20-37-21-28(44-27)23-45-29-18-16-26(36)17-19-29/h2-19,27-28,32-33,37H,20-23H2,1H3,(H,38,40)(H,39,41). The van der Waals surface area contributed by atoms with Gasteiger partial charge in [0.2, 0.25) is 5.91 Å². The Hall–Kier alpha value is -4.02. The van der Waals surface area contributed by atoms with Gasteiger partial charge >= 0.3 is 6.09 Å². The summed E-state index contributed by atoms with van der Waals surface area (Å²) in [4.78, 5) is 27.6. The number of nitrogens with one attached hydrogen (secondary N) is 3. The third-order valence-electron chi connectivity index (χ3n) is 7.34. The molecule has 1 aliphatic rings. The molecule has 234 valence electrons. The molecule has 45 heavy (non-hydrogen) atoms. The normalized spacial score (nSPS) is 16.9.